The maximum absolute atomic E-state index is 6.30. The maximum Gasteiger partial charge on any atom is 0.0892 e. The molecular weight excluding hydrogens is 368 g/mol. The summed E-state index contributed by atoms with van der Waals surface area (Å²) in [7, 11) is 2.02. The van der Waals surface area contributed by atoms with E-state index >= 15 is 0 Å². The van der Waals surface area contributed by atoms with Gasteiger partial charge < -0.3 is 9.47 Å². The molecule has 5 aliphatic carbocycles. The molecule has 6 aliphatic rings. The van der Waals surface area contributed by atoms with Crippen LogP contribution in [0.2, 0.25) is 0 Å². The van der Waals surface area contributed by atoms with Crippen LogP contribution in [-0.4, -0.2) is 24.9 Å². The molecule has 30 heavy (non-hydrogen) atoms. The monoisotopic (exact) mass is 414 g/mol. The second kappa shape index (κ2) is 6.28. The van der Waals surface area contributed by atoms with Crippen molar-refractivity contribution in [2.24, 2.45) is 51.8 Å². The maximum atomic E-state index is 6.30. The predicted octanol–water partition coefficient (Wildman–Crippen LogP) is 6.86. The Hall–Kier alpha value is -0.0800. The lowest BCUT2D eigenvalue weighted by Crippen LogP contribution is -2.57. The smallest absolute Gasteiger partial charge is 0.0892 e. The Balaban J connectivity index is 1.21. The molecule has 0 aromatic rings. The van der Waals surface area contributed by atoms with E-state index in [9.17, 15) is 0 Å². The third kappa shape index (κ3) is 2.45. The second-order valence-corrected chi connectivity index (χ2v) is 13.7. The van der Waals surface area contributed by atoms with Crippen LogP contribution >= 0.6 is 0 Å². The molecule has 5 saturated carbocycles. The number of methoxy groups -OCH3 is 1. The molecule has 2 nitrogen and oxygen atoms in total. The fourth-order valence-electron chi connectivity index (χ4n) is 10.9. The molecule has 0 aromatic carbocycles. The van der Waals surface area contributed by atoms with Crippen LogP contribution < -0.4 is 0 Å². The van der Waals surface area contributed by atoms with Gasteiger partial charge in [-0.15, -0.1) is 0 Å². The van der Waals surface area contributed by atoms with Crippen molar-refractivity contribution in [2.45, 2.75) is 117 Å². The molecule has 0 radical (unpaired) electrons. The molecule has 0 amide bonds. The molecule has 0 bridgehead atoms. The van der Waals surface area contributed by atoms with Gasteiger partial charge in [-0.2, -0.15) is 0 Å². The second-order valence-electron chi connectivity index (χ2n) is 13.7. The molecule has 1 saturated heterocycles. The van der Waals surface area contributed by atoms with Gasteiger partial charge in [0, 0.05) is 12.5 Å². The molecule has 0 unspecified atom stereocenters. The molecule has 6 rings (SSSR count). The summed E-state index contributed by atoms with van der Waals surface area (Å²) >= 11 is 0. The Bertz CT molecular complexity index is 715. The Morgan fingerprint density at radius 2 is 1.77 bits per heavy atom. The minimum absolute atomic E-state index is 0.157. The molecular formula is C28H46O2. The van der Waals surface area contributed by atoms with Crippen molar-refractivity contribution >= 4 is 0 Å². The van der Waals surface area contributed by atoms with E-state index in [1.165, 1.54) is 64.2 Å². The van der Waals surface area contributed by atoms with E-state index in [4.69, 9.17) is 9.47 Å². The SMILES string of the molecule is CO[C@@H]1C[C@H]2[C@@H]3CC[C@H]([C@H](C)CC[C@@H]4OC4(C)C)[C@@]3(C)CC[C@@H]2[C@@]2(C)CC[C@H]3C[C@]312. The first-order valence-corrected chi connectivity index (χ1v) is 13.4. The molecule has 2 heteroatoms. The highest BCUT2D eigenvalue weighted by Crippen LogP contribution is 2.82. The lowest BCUT2D eigenvalue weighted by Gasteiger charge is -2.61. The highest BCUT2D eigenvalue weighted by molar-refractivity contribution is 5.26. The lowest BCUT2D eigenvalue weighted by atomic mass is 9.45. The number of hydrogen-bond donors (Lipinski definition) is 0. The van der Waals surface area contributed by atoms with Crippen molar-refractivity contribution in [1.29, 1.82) is 0 Å². The van der Waals surface area contributed by atoms with Gasteiger partial charge in [-0.1, -0.05) is 20.8 Å². The number of hydrogen-bond acceptors (Lipinski definition) is 2. The number of fused-ring (bicyclic) bond motifs is 4. The van der Waals surface area contributed by atoms with Crippen LogP contribution in [0.3, 0.4) is 0 Å². The summed E-state index contributed by atoms with van der Waals surface area (Å²) in [5.41, 5.74) is 1.87. The summed E-state index contributed by atoms with van der Waals surface area (Å²) in [6, 6.07) is 0. The molecule has 1 aliphatic heterocycles. The fourth-order valence-corrected chi connectivity index (χ4v) is 10.9. The predicted molar refractivity (Wildman–Crippen MR) is 121 cm³/mol. The minimum Gasteiger partial charge on any atom is -0.381 e. The van der Waals surface area contributed by atoms with Crippen LogP contribution in [0.1, 0.15) is 98.8 Å². The van der Waals surface area contributed by atoms with Crippen molar-refractivity contribution in [1.82, 2.24) is 0 Å². The van der Waals surface area contributed by atoms with E-state index in [0.29, 0.717) is 28.5 Å². The summed E-state index contributed by atoms with van der Waals surface area (Å²) in [5, 5.41) is 0. The quantitative estimate of drug-likeness (QED) is 0.458. The normalized spacial score (nSPS) is 58.4. The van der Waals surface area contributed by atoms with E-state index in [1.54, 1.807) is 0 Å². The topological polar surface area (TPSA) is 21.8 Å². The Morgan fingerprint density at radius 1 is 1.00 bits per heavy atom. The van der Waals surface area contributed by atoms with Crippen LogP contribution in [0.4, 0.5) is 0 Å². The van der Waals surface area contributed by atoms with E-state index in [1.807, 2.05) is 7.11 Å². The number of epoxide rings is 1. The Kier molecular flexibility index (Phi) is 4.30. The molecule has 0 N–H and O–H groups in total. The van der Waals surface area contributed by atoms with Crippen molar-refractivity contribution in [3.05, 3.63) is 0 Å². The van der Waals surface area contributed by atoms with E-state index < -0.39 is 0 Å². The molecule has 1 spiro atoms. The first kappa shape index (κ1) is 20.5. The average Bonchev–Trinajstić information content (AvgIpc) is 3.49. The third-order valence-electron chi connectivity index (χ3n) is 12.6. The van der Waals surface area contributed by atoms with Gasteiger partial charge in [0.15, 0.2) is 0 Å². The summed E-state index contributed by atoms with van der Waals surface area (Å²) in [5.74, 6) is 5.61. The van der Waals surface area contributed by atoms with Crippen molar-refractivity contribution in [3.63, 3.8) is 0 Å². The van der Waals surface area contributed by atoms with Gasteiger partial charge >= 0.3 is 0 Å². The fraction of sp³-hybridized carbons (Fsp3) is 1.00. The molecule has 6 fully saturated rings. The summed E-state index contributed by atoms with van der Waals surface area (Å²) in [6.07, 6.45) is 15.5. The Morgan fingerprint density at radius 3 is 2.43 bits per heavy atom. The molecule has 170 valence electrons. The van der Waals surface area contributed by atoms with Gasteiger partial charge in [0.25, 0.3) is 0 Å². The zero-order valence-corrected chi connectivity index (χ0v) is 20.5. The largest absolute Gasteiger partial charge is 0.381 e. The van der Waals surface area contributed by atoms with Crippen LogP contribution in [0.5, 0.6) is 0 Å². The highest BCUT2D eigenvalue weighted by atomic mass is 16.6. The van der Waals surface area contributed by atoms with Crippen LogP contribution in [0, 0.1) is 51.8 Å². The van der Waals surface area contributed by atoms with Gasteiger partial charge in [-0.05, 0) is 124 Å². The standard InChI is InChI=1S/C28H46O2/c1-17(7-10-23-25(2,3)30-23)20-8-9-21-19-15-24(29-6)28-16-18(28)11-14-27(28,5)22(19)12-13-26(20,21)4/h17-24H,7-16H2,1-6H3/t17-,18+,19+,20-,21+,22+,23+,24-,26-,27-,28+/m1/s1. The lowest BCUT2D eigenvalue weighted by molar-refractivity contribution is -0.161. The van der Waals surface area contributed by atoms with Crippen molar-refractivity contribution in [3.8, 4) is 0 Å². The van der Waals surface area contributed by atoms with Gasteiger partial charge in [-0.3, -0.25) is 0 Å². The van der Waals surface area contributed by atoms with Crippen LogP contribution in [0.15, 0.2) is 0 Å². The van der Waals surface area contributed by atoms with E-state index in [-0.39, 0.29) is 5.60 Å². The van der Waals surface area contributed by atoms with Gasteiger partial charge in [-0.25, -0.2) is 0 Å². The number of rotatable bonds is 5. The summed E-state index contributed by atoms with van der Waals surface area (Å²) in [4.78, 5) is 0. The zero-order valence-electron chi connectivity index (χ0n) is 20.5. The Labute approximate surface area is 185 Å². The van der Waals surface area contributed by atoms with Gasteiger partial charge in [0.1, 0.15) is 0 Å². The zero-order chi connectivity index (χ0) is 21.1. The van der Waals surface area contributed by atoms with Crippen molar-refractivity contribution < 1.29 is 9.47 Å². The van der Waals surface area contributed by atoms with E-state index in [0.717, 1.165) is 35.5 Å². The molecule has 11 atom stereocenters. The third-order valence-corrected chi connectivity index (χ3v) is 12.6. The first-order chi connectivity index (χ1) is 14.2. The molecule has 0 aromatic heterocycles. The van der Waals surface area contributed by atoms with Gasteiger partial charge in [0.2, 0.25) is 0 Å². The highest BCUT2D eigenvalue weighted by Gasteiger charge is 2.77. The first-order valence-electron chi connectivity index (χ1n) is 13.4. The minimum atomic E-state index is 0.157. The summed E-state index contributed by atoms with van der Waals surface area (Å²) in [6.45, 7) is 12.5. The van der Waals surface area contributed by atoms with Gasteiger partial charge in [0.05, 0.1) is 17.8 Å². The molecule has 1 heterocycles. The van der Waals surface area contributed by atoms with E-state index in [2.05, 4.69) is 34.6 Å². The van der Waals surface area contributed by atoms with Crippen molar-refractivity contribution in [2.75, 3.05) is 7.11 Å². The average molecular weight is 415 g/mol. The van der Waals surface area contributed by atoms with Crippen LogP contribution in [0.25, 0.3) is 0 Å². The van der Waals surface area contributed by atoms with Crippen LogP contribution in [-0.2, 0) is 9.47 Å². The number of ether oxygens (including phenoxy) is 2. The summed E-state index contributed by atoms with van der Waals surface area (Å²) < 4.78 is 12.2.